The predicted octanol–water partition coefficient (Wildman–Crippen LogP) is 3.40. The maximum Gasteiger partial charge on any atom is 0.135 e. The van der Waals surface area contributed by atoms with Gasteiger partial charge in [0.25, 0.3) is 0 Å². The van der Waals surface area contributed by atoms with Gasteiger partial charge in [-0.3, -0.25) is 0 Å². The Kier molecular flexibility index (Phi) is 1.70. The number of phenols is 1. The molecule has 1 N–H and O–H groups in total. The van der Waals surface area contributed by atoms with Crippen molar-refractivity contribution in [2.45, 2.75) is 0 Å². The highest BCUT2D eigenvalue weighted by Gasteiger charge is 2.06. The third-order valence-corrected chi connectivity index (χ3v) is 2.75. The Balaban J connectivity index is 2.88. The number of phenolic OH excluding ortho intramolecular Hbond substituents is 1. The van der Waals surface area contributed by atoms with Crippen molar-refractivity contribution in [1.82, 2.24) is 0 Å². The summed E-state index contributed by atoms with van der Waals surface area (Å²) in [5.74, 6) is -0.508. The molecule has 0 aliphatic carbocycles. The van der Waals surface area contributed by atoms with Crippen LogP contribution < -0.4 is 0 Å². The summed E-state index contributed by atoms with van der Waals surface area (Å²) in [5, 5.41) is 9.50. The molecule has 1 heterocycles. The number of hydrogen-bond donors (Lipinski definition) is 1. The van der Waals surface area contributed by atoms with Gasteiger partial charge in [0, 0.05) is 16.2 Å². The van der Waals surface area contributed by atoms with Crippen LogP contribution in [-0.4, -0.2) is 5.11 Å². The molecule has 0 saturated carbocycles. The van der Waals surface area contributed by atoms with E-state index in [0.717, 1.165) is 6.07 Å². The first-order valence-electron chi connectivity index (χ1n) is 3.24. The van der Waals surface area contributed by atoms with Crippen LogP contribution in [0.3, 0.4) is 0 Å². The molecule has 0 spiro atoms. The summed E-state index contributed by atoms with van der Waals surface area (Å²) >= 11 is 6.92. The first-order chi connectivity index (χ1) is 5.66. The number of hydrogen-bond acceptors (Lipinski definition) is 2. The quantitative estimate of drug-likeness (QED) is 0.694. The van der Waals surface area contributed by atoms with Crippen LogP contribution in [0.25, 0.3) is 10.1 Å². The normalized spacial score (nSPS) is 10.8. The van der Waals surface area contributed by atoms with Crippen molar-refractivity contribution in [3.8, 4) is 5.75 Å². The highest BCUT2D eigenvalue weighted by molar-refractivity contribution is 7.22. The zero-order valence-corrected chi connectivity index (χ0v) is 7.42. The molecule has 0 atom stereocenters. The van der Waals surface area contributed by atoms with E-state index in [4.69, 9.17) is 16.7 Å². The maximum atomic E-state index is 13.0. The topological polar surface area (TPSA) is 20.2 Å². The number of fused-ring (bicyclic) bond motifs is 1. The molecule has 0 unspecified atom stereocenters. The fourth-order valence-corrected chi connectivity index (χ4v) is 2.24. The number of rotatable bonds is 0. The molecule has 1 aromatic heterocycles. The molecule has 62 valence electrons. The summed E-state index contributed by atoms with van der Waals surface area (Å²) in [6.45, 7) is 0. The van der Waals surface area contributed by atoms with Crippen LogP contribution in [0.5, 0.6) is 5.75 Å². The Morgan fingerprint density at radius 3 is 2.83 bits per heavy atom. The van der Waals surface area contributed by atoms with Crippen LogP contribution in [-0.2, 0) is 0 Å². The molecule has 0 fully saturated rings. The average Bonchev–Trinajstić information content (AvgIpc) is 2.29. The summed E-state index contributed by atoms with van der Waals surface area (Å²) in [6, 6.07) is 4.12. The Bertz CT molecular complexity index is 438. The van der Waals surface area contributed by atoms with E-state index in [0.29, 0.717) is 14.4 Å². The molecule has 1 nitrogen and oxygen atoms in total. The molecule has 2 aromatic rings. The molecule has 0 saturated heterocycles. The van der Waals surface area contributed by atoms with E-state index in [1.165, 1.54) is 17.4 Å². The number of aromatic hydroxyl groups is 1. The first kappa shape index (κ1) is 7.83. The Hall–Kier alpha value is -0.800. The minimum absolute atomic E-state index is 0.0708. The summed E-state index contributed by atoms with van der Waals surface area (Å²) in [6.07, 6.45) is 0. The zero-order valence-electron chi connectivity index (χ0n) is 5.84. The standard InChI is InChI=1S/C8H4ClFOS/c9-8-3-5-6(10)1-4(11)2-7(5)12-8/h1-3,11H. The smallest absolute Gasteiger partial charge is 0.135 e. The highest BCUT2D eigenvalue weighted by Crippen LogP contribution is 2.33. The highest BCUT2D eigenvalue weighted by atomic mass is 35.5. The molecule has 4 heteroatoms. The van der Waals surface area contributed by atoms with Crippen LogP contribution in [0.15, 0.2) is 18.2 Å². The molecular weight excluding hydrogens is 199 g/mol. The fraction of sp³-hybridized carbons (Fsp3) is 0. The molecule has 12 heavy (non-hydrogen) atoms. The van der Waals surface area contributed by atoms with E-state index >= 15 is 0 Å². The van der Waals surface area contributed by atoms with Gasteiger partial charge in [0.15, 0.2) is 0 Å². The number of thiophene rings is 1. The Labute approximate surface area is 77.0 Å². The lowest BCUT2D eigenvalue weighted by atomic mass is 10.2. The molecule has 0 radical (unpaired) electrons. The van der Waals surface area contributed by atoms with Gasteiger partial charge in [-0.2, -0.15) is 0 Å². The van der Waals surface area contributed by atoms with Crippen LogP contribution in [0.2, 0.25) is 4.34 Å². The van der Waals surface area contributed by atoms with E-state index in [1.807, 2.05) is 0 Å². The largest absolute Gasteiger partial charge is 0.508 e. The van der Waals surface area contributed by atoms with Gasteiger partial charge in [0.1, 0.15) is 11.6 Å². The van der Waals surface area contributed by atoms with Crippen molar-refractivity contribution in [1.29, 1.82) is 0 Å². The molecular formula is C8H4ClFOS. The van der Waals surface area contributed by atoms with E-state index in [1.54, 1.807) is 6.07 Å². The van der Waals surface area contributed by atoms with Gasteiger partial charge in [-0.15, -0.1) is 11.3 Å². The third kappa shape index (κ3) is 1.15. The number of benzene rings is 1. The van der Waals surface area contributed by atoms with Gasteiger partial charge in [0.05, 0.1) is 4.34 Å². The van der Waals surface area contributed by atoms with E-state index in [-0.39, 0.29) is 5.75 Å². The molecule has 0 bridgehead atoms. The Morgan fingerprint density at radius 2 is 2.08 bits per heavy atom. The zero-order chi connectivity index (χ0) is 8.72. The van der Waals surface area contributed by atoms with Crippen LogP contribution in [0.4, 0.5) is 4.39 Å². The average molecular weight is 203 g/mol. The fourth-order valence-electron chi connectivity index (χ4n) is 1.05. The first-order valence-corrected chi connectivity index (χ1v) is 4.44. The van der Waals surface area contributed by atoms with Crippen molar-refractivity contribution in [2.24, 2.45) is 0 Å². The van der Waals surface area contributed by atoms with Crippen LogP contribution in [0.1, 0.15) is 0 Å². The lowest BCUT2D eigenvalue weighted by Gasteiger charge is -1.93. The lowest BCUT2D eigenvalue weighted by molar-refractivity contribution is 0.471. The third-order valence-electron chi connectivity index (χ3n) is 1.54. The van der Waals surface area contributed by atoms with Gasteiger partial charge < -0.3 is 5.11 Å². The summed E-state index contributed by atoms with van der Waals surface area (Å²) in [7, 11) is 0. The van der Waals surface area contributed by atoms with E-state index in [9.17, 15) is 4.39 Å². The summed E-state index contributed by atoms with van der Waals surface area (Å²) in [5.41, 5.74) is 0. The summed E-state index contributed by atoms with van der Waals surface area (Å²) < 4.78 is 14.2. The van der Waals surface area contributed by atoms with Gasteiger partial charge in [0.2, 0.25) is 0 Å². The molecule has 0 amide bonds. The second-order valence-electron chi connectivity index (χ2n) is 2.39. The van der Waals surface area contributed by atoms with E-state index in [2.05, 4.69) is 0 Å². The SMILES string of the molecule is Oc1cc(F)c2cc(Cl)sc2c1. The number of halogens is 2. The molecule has 2 rings (SSSR count). The second-order valence-corrected chi connectivity index (χ2v) is 4.10. The molecule has 0 aliphatic heterocycles. The van der Waals surface area contributed by atoms with Gasteiger partial charge in [-0.05, 0) is 12.1 Å². The van der Waals surface area contributed by atoms with E-state index < -0.39 is 5.82 Å². The predicted molar refractivity (Wildman–Crippen MR) is 48.5 cm³/mol. The van der Waals surface area contributed by atoms with Crippen LogP contribution >= 0.6 is 22.9 Å². The molecule has 1 aromatic carbocycles. The van der Waals surface area contributed by atoms with Crippen molar-refractivity contribution in [2.75, 3.05) is 0 Å². The minimum Gasteiger partial charge on any atom is -0.508 e. The maximum absolute atomic E-state index is 13.0. The van der Waals surface area contributed by atoms with Gasteiger partial charge in [-0.1, -0.05) is 11.6 Å². The van der Waals surface area contributed by atoms with Crippen molar-refractivity contribution < 1.29 is 9.50 Å². The monoisotopic (exact) mass is 202 g/mol. The van der Waals surface area contributed by atoms with Gasteiger partial charge >= 0.3 is 0 Å². The Morgan fingerprint density at radius 1 is 1.33 bits per heavy atom. The molecule has 0 aliphatic rings. The van der Waals surface area contributed by atoms with Crippen molar-refractivity contribution in [3.63, 3.8) is 0 Å². The van der Waals surface area contributed by atoms with Gasteiger partial charge in [-0.25, -0.2) is 4.39 Å². The van der Waals surface area contributed by atoms with Crippen molar-refractivity contribution >= 4 is 33.0 Å². The summed E-state index contributed by atoms with van der Waals surface area (Å²) in [4.78, 5) is 0. The van der Waals surface area contributed by atoms with Crippen LogP contribution in [0, 0.1) is 5.82 Å². The lowest BCUT2D eigenvalue weighted by Crippen LogP contribution is -1.73. The minimum atomic E-state index is -0.437. The van der Waals surface area contributed by atoms with Crippen molar-refractivity contribution in [3.05, 3.63) is 28.4 Å². The second kappa shape index (κ2) is 2.61.